The first kappa shape index (κ1) is 14.8. The number of amides is 1. The van der Waals surface area contributed by atoms with E-state index >= 15 is 0 Å². The maximum Gasteiger partial charge on any atom is 0.226 e. The minimum absolute atomic E-state index is 0.0340. The molecule has 0 aromatic rings. The van der Waals surface area contributed by atoms with Crippen LogP contribution in [0.3, 0.4) is 0 Å². The molecule has 1 aliphatic carbocycles. The molecule has 110 valence electrons. The lowest BCUT2D eigenvalue weighted by Crippen LogP contribution is -2.52. The Morgan fingerprint density at radius 2 is 1.95 bits per heavy atom. The van der Waals surface area contributed by atoms with Crippen LogP contribution >= 0.6 is 0 Å². The van der Waals surface area contributed by atoms with Crippen LogP contribution in [0.15, 0.2) is 0 Å². The number of hydrogen-bond donors (Lipinski definition) is 3. The van der Waals surface area contributed by atoms with E-state index in [0.717, 1.165) is 58.0 Å². The van der Waals surface area contributed by atoms with E-state index < -0.39 is 0 Å². The Morgan fingerprint density at radius 3 is 2.63 bits per heavy atom. The Bertz CT molecular complexity index is 301. The summed E-state index contributed by atoms with van der Waals surface area (Å²) in [5.74, 6) is 0.169. The third-order valence-electron chi connectivity index (χ3n) is 5.02. The number of nitrogens with one attached hydrogen (secondary N) is 2. The standard InChI is InChI=1S/C15H28N2O2/c1-2-15(8-10-16-11-9-15)14(19)17-12-6-4-3-5-7-13(12)18/h12-13,16,18H,2-11H2,1H3,(H,17,19). The van der Waals surface area contributed by atoms with Crippen LogP contribution in [0.4, 0.5) is 0 Å². The summed E-state index contributed by atoms with van der Waals surface area (Å²) in [6, 6.07) is -0.0340. The average Bonchev–Trinajstić information content (AvgIpc) is 2.65. The van der Waals surface area contributed by atoms with Gasteiger partial charge in [-0.2, -0.15) is 0 Å². The van der Waals surface area contributed by atoms with Gasteiger partial charge < -0.3 is 15.7 Å². The molecule has 1 aliphatic heterocycles. The van der Waals surface area contributed by atoms with E-state index in [1.54, 1.807) is 0 Å². The van der Waals surface area contributed by atoms with Gasteiger partial charge in [0.2, 0.25) is 5.91 Å². The van der Waals surface area contributed by atoms with Crippen LogP contribution in [0.1, 0.15) is 58.3 Å². The van der Waals surface area contributed by atoms with Crippen LogP contribution < -0.4 is 10.6 Å². The van der Waals surface area contributed by atoms with Crippen molar-refractivity contribution in [1.82, 2.24) is 10.6 Å². The molecular formula is C15H28N2O2. The lowest BCUT2D eigenvalue weighted by atomic mass is 9.75. The summed E-state index contributed by atoms with van der Waals surface area (Å²) in [6.07, 6.45) is 7.48. The van der Waals surface area contributed by atoms with Gasteiger partial charge in [-0.05, 0) is 45.2 Å². The Kier molecular flexibility index (Phi) is 5.22. The molecule has 0 aromatic carbocycles. The van der Waals surface area contributed by atoms with Crippen LogP contribution in [0.2, 0.25) is 0 Å². The van der Waals surface area contributed by atoms with E-state index in [9.17, 15) is 9.90 Å². The van der Waals surface area contributed by atoms with E-state index in [2.05, 4.69) is 17.6 Å². The second-order valence-corrected chi connectivity index (χ2v) is 6.17. The fraction of sp³-hybridized carbons (Fsp3) is 0.933. The first-order chi connectivity index (χ1) is 9.18. The van der Waals surface area contributed by atoms with Gasteiger partial charge in [-0.25, -0.2) is 0 Å². The highest BCUT2D eigenvalue weighted by Gasteiger charge is 2.39. The van der Waals surface area contributed by atoms with Gasteiger partial charge in [-0.15, -0.1) is 0 Å². The minimum Gasteiger partial charge on any atom is -0.391 e. The normalized spacial score (nSPS) is 31.5. The Morgan fingerprint density at radius 1 is 1.26 bits per heavy atom. The van der Waals surface area contributed by atoms with Crippen molar-refractivity contribution in [1.29, 1.82) is 0 Å². The van der Waals surface area contributed by atoms with Crippen molar-refractivity contribution in [3.05, 3.63) is 0 Å². The molecule has 0 radical (unpaired) electrons. The summed E-state index contributed by atoms with van der Waals surface area (Å²) in [7, 11) is 0. The molecule has 4 heteroatoms. The quantitative estimate of drug-likeness (QED) is 0.681. The van der Waals surface area contributed by atoms with E-state index in [4.69, 9.17) is 0 Å². The van der Waals surface area contributed by atoms with E-state index in [1.165, 1.54) is 6.42 Å². The van der Waals surface area contributed by atoms with Crippen molar-refractivity contribution in [2.24, 2.45) is 5.41 Å². The van der Waals surface area contributed by atoms with Gasteiger partial charge in [0, 0.05) is 0 Å². The first-order valence-electron chi connectivity index (χ1n) is 7.88. The van der Waals surface area contributed by atoms with Gasteiger partial charge in [0.15, 0.2) is 0 Å². The summed E-state index contributed by atoms with van der Waals surface area (Å²) in [4.78, 5) is 12.6. The molecule has 1 amide bonds. The van der Waals surface area contributed by atoms with Gasteiger partial charge in [0.25, 0.3) is 0 Å². The zero-order valence-corrected chi connectivity index (χ0v) is 12.1. The highest BCUT2D eigenvalue weighted by atomic mass is 16.3. The number of rotatable bonds is 3. The number of piperidine rings is 1. The van der Waals surface area contributed by atoms with Crippen LogP contribution in [0, 0.1) is 5.41 Å². The molecule has 0 aromatic heterocycles. The average molecular weight is 268 g/mol. The molecular weight excluding hydrogens is 240 g/mol. The molecule has 19 heavy (non-hydrogen) atoms. The highest BCUT2D eigenvalue weighted by molar-refractivity contribution is 5.83. The van der Waals surface area contributed by atoms with Gasteiger partial charge in [-0.1, -0.05) is 26.2 Å². The number of carbonyl (C=O) groups excluding carboxylic acids is 1. The van der Waals surface area contributed by atoms with Crippen LogP contribution in [-0.4, -0.2) is 36.2 Å². The van der Waals surface area contributed by atoms with E-state index in [1.807, 2.05) is 0 Å². The van der Waals surface area contributed by atoms with Crippen LogP contribution in [0.25, 0.3) is 0 Å². The number of aliphatic hydroxyl groups excluding tert-OH is 1. The predicted octanol–water partition coefficient (Wildman–Crippen LogP) is 1.58. The number of carbonyl (C=O) groups is 1. The minimum atomic E-state index is -0.359. The summed E-state index contributed by atoms with van der Waals surface area (Å²) in [5, 5.41) is 16.6. The third-order valence-corrected chi connectivity index (χ3v) is 5.02. The largest absolute Gasteiger partial charge is 0.391 e. The SMILES string of the molecule is CCC1(C(=O)NC2CCCCCC2O)CCNCC1. The maximum atomic E-state index is 12.6. The molecule has 1 saturated carbocycles. The van der Waals surface area contributed by atoms with Gasteiger partial charge in [-0.3, -0.25) is 4.79 Å². The van der Waals surface area contributed by atoms with Crippen molar-refractivity contribution < 1.29 is 9.90 Å². The van der Waals surface area contributed by atoms with Crippen LogP contribution in [0.5, 0.6) is 0 Å². The topological polar surface area (TPSA) is 61.4 Å². The fourth-order valence-corrected chi connectivity index (χ4v) is 3.42. The molecule has 2 aliphatic rings. The van der Waals surface area contributed by atoms with Gasteiger partial charge >= 0.3 is 0 Å². The molecule has 0 spiro atoms. The van der Waals surface area contributed by atoms with Crippen molar-refractivity contribution in [3.8, 4) is 0 Å². The second-order valence-electron chi connectivity index (χ2n) is 6.17. The third kappa shape index (κ3) is 3.48. The molecule has 3 N–H and O–H groups in total. The molecule has 0 bridgehead atoms. The predicted molar refractivity (Wildman–Crippen MR) is 75.9 cm³/mol. The molecule has 1 heterocycles. The Balaban J connectivity index is 1.97. The lowest BCUT2D eigenvalue weighted by Gasteiger charge is -2.37. The van der Waals surface area contributed by atoms with Crippen molar-refractivity contribution >= 4 is 5.91 Å². The number of hydrogen-bond acceptors (Lipinski definition) is 3. The first-order valence-corrected chi connectivity index (χ1v) is 7.88. The monoisotopic (exact) mass is 268 g/mol. The summed E-state index contributed by atoms with van der Waals surface area (Å²) < 4.78 is 0. The molecule has 2 rings (SSSR count). The van der Waals surface area contributed by atoms with Gasteiger partial charge in [0.05, 0.1) is 17.6 Å². The van der Waals surface area contributed by atoms with E-state index in [-0.39, 0.29) is 23.5 Å². The van der Waals surface area contributed by atoms with Gasteiger partial charge in [0.1, 0.15) is 0 Å². The smallest absolute Gasteiger partial charge is 0.226 e. The summed E-state index contributed by atoms with van der Waals surface area (Å²) in [5.41, 5.74) is -0.211. The van der Waals surface area contributed by atoms with Crippen molar-refractivity contribution in [3.63, 3.8) is 0 Å². The zero-order valence-electron chi connectivity index (χ0n) is 12.1. The molecule has 4 nitrogen and oxygen atoms in total. The van der Waals surface area contributed by atoms with Crippen molar-refractivity contribution in [2.45, 2.75) is 70.4 Å². The maximum absolute atomic E-state index is 12.6. The van der Waals surface area contributed by atoms with Crippen LogP contribution in [-0.2, 0) is 4.79 Å². The zero-order chi connectivity index (χ0) is 13.7. The lowest BCUT2D eigenvalue weighted by molar-refractivity contribution is -0.134. The molecule has 2 unspecified atom stereocenters. The Hall–Kier alpha value is -0.610. The molecule has 2 atom stereocenters. The second kappa shape index (κ2) is 6.71. The summed E-state index contributed by atoms with van der Waals surface area (Å²) in [6.45, 7) is 3.96. The van der Waals surface area contributed by atoms with E-state index in [0.29, 0.717) is 0 Å². The molecule has 1 saturated heterocycles. The Labute approximate surface area is 116 Å². The number of aliphatic hydroxyl groups is 1. The molecule has 2 fully saturated rings. The summed E-state index contributed by atoms with van der Waals surface area (Å²) >= 11 is 0. The van der Waals surface area contributed by atoms with Crippen molar-refractivity contribution in [2.75, 3.05) is 13.1 Å². The fourth-order valence-electron chi connectivity index (χ4n) is 3.42. The highest BCUT2D eigenvalue weighted by Crippen LogP contribution is 2.33.